The van der Waals surface area contributed by atoms with Gasteiger partial charge in [-0.2, -0.15) is 0 Å². The van der Waals surface area contributed by atoms with Crippen molar-refractivity contribution in [2.45, 2.75) is 46.5 Å². The fraction of sp³-hybridized carbons (Fsp3) is 0.786. The molecule has 0 fully saturated rings. The fourth-order valence-corrected chi connectivity index (χ4v) is 1.96. The lowest BCUT2D eigenvalue weighted by Gasteiger charge is -2.20. The molecular formula is C14H26N2O4. The van der Waals surface area contributed by atoms with E-state index in [0.29, 0.717) is 31.3 Å². The number of hydrogen-bond acceptors (Lipinski definition) is 3. The highest BCUT2D eigenvalue weighted by Gasteiger charge is 2.15. The second kappa shape index (κ2) is 10.2. The van der Waals surface area contributed by atoms with E-state index in [1.165, 1.54) is 6.92 Å². The number of hydrogen-bond donors (Lipinski definition) is 3. The van der Waals surface area contributed by atoms with E-state index in [-0.39, 0.29) is 24.7 Å². The molecule has 0 aromatic heterocycles. The van der Waals surface area contributed by atoms with Gasteiger partial charge in [-0.25, -0.2) is 0 Å². The van der Waals surface area contributed by atoms with Crippen molar-refractivity contribution in [2.24, 2.45) is 11.8 Å². The Bertz CT molecular complexity index is 329. The van der Waals surface area contributed by atoms with Crippen LogP contribution in [0.3, 0.4) is 0 Å². The largest absolute Gasteiger partial charge is 0.481 e. The Kier molecular flexibility index (Phi) is 9.41. The summed E-state index contributed by atoms with van der Waals surface area (Å²) in [5.74, 6) is -0.340. The zero-order valence-electron chi connectivity index (χ0n) is 12.6. The molecule has 0 bridgehead atoms. The first-order valence-electron chi connectivity index (χ1n) is 7.05. The Hall–Kier alpha value is -1.59. The van der Waals surface area contributed by atoms with Crippen molar-refractivity contribution in [3.8, 4) is 0 Å². The first-order chi connectivity index (χ1) is 9.32. The second-order valence-corrected chi connectivity index (χ2v) is 5.31. The summed E-state index contributed by atoms with van der Waals surface area (Å²) < 4.78 is 0. The van der Waals surface area contributed by atoms with E-state index >= 15 is 0 Å². The zero-order chi connectivity index (χ0) is 15.5. The minimum Gasteiger partial charge on any atom is -0.481 e. The van der Waals surface area contributed by atoms with Crippen LogP contribution in [0.15, 0.2) is 0 Å². The third kappa shape index (κ3) is 10.3. The molecule has 0 aromatic rings. The molecule has 1 unspecified atom stereocenters. The predicted molar refractivity (Wildman–Crippen MR) is 76.1 cm³/mol. The monoisotopic (exact) mass is 286 g/mol. The molecule has 0 aromatic carbocycles. The van der Waals surface area contributed by atoms with Crippen LogP contribution in [-0.2, 0) is 14.4 Å². The van der Waals surface area contributed by atoms with Gasteiger partial charge < -0.3 is 15.7 Å². The summed E-state index contributed by atoms with van der Waals surface area (Å²) in [6.45, 7) is 6.42. The number of carboxylic acids is 1. The van der Waals surface area contributed by atoms with Crippen molar-refractivity contribution in [2.75, 3.05) is 13.1 Å². The normalized spacial score (nSPS) is 12.0. The number of amides is 2. The number of nitrogens with one attached hydrogen (secondary N) is 2. The van der Waals surface area contributed by atoms with Gasteiger partial charge in [-0.3, -0.25) is 14.4 Å². The van der Waals surface area contributed by atoms with Gasteiger partial charge in [0.2, 0.25) is 11.8 Å². The van der Waals surface area contributed by atoms with Crippen molar-refractivity contribution in [1.29, 1.82) is 0 Å². The molecule has 0 aliphatic heterocycles. The molecule has 0 saturated carbocycles. The summed E-state index contributed by atoms with van der Waals surface area (Å²) in [5, 5.41) is 14.0. The van der Waals surface area contributed by atoms with Gasteiger partial charge in [-0.1, -0.05) is 13.8 Å². The first kappa shape index (κ1) is 18.4. The molecule has 0 radical (unpaired) electrons. The minimum absolute atomic E-state index is 0.0977. The lowest BCUT2D eigenvalue weighted by Crippen LogP contribution is -2.31. The van der Waals surface area contributed by atoms with Crippen molar-refractivity contribution in [3.63, 3.8) is 0 Å². The maximum Gasteiger partial charge on any atom is 0.303 e. The highest BCUT2D eigenvalue weighted by Crippen LogP contribution is 2.20. The topological polar surface area (TPSA) is 95.5 Å². The third-order valence-corrected chi connectivity index (χ3v) is 3.24. The Morgan fingerprint density at radius 3 is 2.15 bits per heavy atom. The highest BCUT2D eigenvalue weighted by molar-refractivity contribution is 5.77. The van der Waals surface area contributed by atoms with Crippen LogP contribution in [0.25, 0.3) is 0 Å². The predicted octanol–water partition coefficient (Wildman–Crippen LogP) is 1.16. The quantitative estimate of drug-likeness (QED) is 0.561. The maximum absolute atomic E-state index is 11.5. The maximum atomic E-state index is 11.5. The Balaban J connectivity index is 3.84. The van der Waals surface area contributed by atoms with Gasteiger partial charge in [0.25, 0.3) is 0 Å². The van der Waals surface area contributed by atoms with Crippen molar-refractivity contribution < 1.29 is 19.5 Å². The average molecular weight is 286 g/mol. The highest BCUT2D eigenvalue weighted by atomic mass is 16.4. The van der Waals surface area contributed by atoms with E-state index in [2.05, 4.69) is 24.5 Å². The number of rotatable bonds is 10. The SMILES string of the molecule is CC(=O)NCCC(=O)NCCC(CCC(=O)O)C(C)C. The Labute approximate surface area is 120 Å². The number of carbonyl (C=O) groups is 3. The van der Waals surface area contributed by atoms with Crippen molar-refractivity contribution in [1.82, 2.24) is 10.6 Å². The Morgan fingerprint density at radius 1 is 1.00 bits per heavy atom. The average Bonchev–Trinajstić information content (AvgIpc) is 2.32. The number of aliphatic carboxylic acids is 1. The van der Waals surface area contributed by atoms with Crippen LogP contribution in [0.4, 0.5) is 0 Å². The van der Waals surface area contributed by atoms with Gasteiger partial charge in [0.05, 0.1) is 0 Å². The van der Waals surface area contributed by atoms with Gasteiger partial charge in [-0.05, 0) is 24.7 Å². The van der Waals surface area contributed by atoms with Crippen molar-refractivity contribution in [3.05, 3.63) is 0 Å². The lowest BCUT2D eigenvalue weighted by atomic mass is 9.88. The molecule has 6 heteroatoms. The third-order valence-electron chi connectivity index (χ3n) is 3.24. The molecule has 0 rings (SSSR count). The molecule has 1 atom stereocenters. The molecule has 0 aliphatic carbocycles. The molecular weight excluding hydrogens is 260 g/mol. The lowest BCUT2D eigenvalue weighted by molar-refractivity contribution is -0.137. The number of carbonyl (C=O) groups excluding carboxylic acids is 2. The summed E-state index contributed by atoms with van der Waals surface area (Å²) in [7, 11) is 0. The smallest absolute Gasteiger partial charge is 0.303 e. The molecule has 116 valence electrons. The summed E-state index contributed by atoms with van der Waals surface area (Å²) in [5.41, 5.74) is 0. The van der Waals surface area contributed by atoms with Gasteiger partial charge in [0.15, 0.2) is 0 Å². The van der Waals surface area contributed by atoms with Crippen LogP contribution in [0.5, 0.6) is 0 Å². The van der Waals surface area contributed by atoms with E-state index in [1.54, 1.807) is 0 Å². The molecule has 0 aliphatic rings. The van der Waals surface area contributed by atoms with Gasteiger partial charge in [-0.15, -0.1) is 0 Å². The summed E-state index contributed by atoms with van der Waals surface area (Å²) in [4.78, 5) is 32.7. The van der Waals surface area contributed by atoms with Crippen LogP contribution < -0.4 is 10.6 Å². The second-order valence-electron chi connectivity index (χ2n) is 5.31. The first-order valence-corrected chi connectivity index (χ1v) is 7.05. The van der Waals surface area contributed by atoms with E-state index in [1.807, 2.05) is 0 Å². The van der Waals surface area contributed by atoms with Gasteiger partial charge in [0.1, 0.15) is 0 Å². The molecule has 20 heavy (non-hydrogen) atoms. The van der Waals surface area contributed by atoms with Crippen LogP contribution >= 0.6 is 0 Å². The van der Waals surface area contributed by atoms with Gasteiger partial charge in [0, 0.05) is 32.9 Å². The fourth-order valence-electron chi connectivity index (χ4n) is 1.96. The zero-order valence-corrected chi connectivity index (χ0v) is 12.6. The molecule has 0 saturated heterocycles. The molecule has 0 spiro atoms. The van der Waals surface area contributed by atoms with E-state index in [4.69, 9.17) is 5.11 Å². The van der Waals surface area contributed by atoms with Crippen LogP contribution in [0, 0.1) is 11.8 Å². The van der Waals surface area contributed by atoms with Crippen molar-refractivity contribution >= 4 is 17.8 Å². The van der Waals surface area contributed by atoms with Crippen LogP contribution in [0.2, 0.25) is 0 Å². The molecule has 6 nitrogen and oxygen atoms in total. The summed E-state index contributed by atoms with van der Waals surface area (Å²) >= 11 is 0. The Morgan fingerprint density at radius 2 is 1.65 bits per heavy atom. The van der Waals surface area contributed by atoms with E-state index in [9.17, 15) is 14.4 Å². The van der Waals surface area contributed by atoms with Gasteiger partial charge >= 0.3 is 5.97 Å². The summed E-state index contributed by atoms with van der Waals surface area (Å²) in [6, 6.07) is 0. The standard InChI is InChI=1S/C14H26N2O4/c1-10(2)12(4-5-14(19)20)6-8-16-13(18)7-9-15-11(3)17/h10,12H,4-9H2,1-3H3,(H,15,17)(H,16,18)(H,19,20). The molecule has 0 heterocycles. The van der Waals surface area contributed by atoms with E-state index in [0.717, 1.165) is 6.42 Å². The van der Waals surface area contributed by atoms with E-state index < -0.39 is 5.97 Å². The van der Waals surface area contributed by atoms with Crippen LogP contribution in [-0.4, -0.2) is 36.0 Å². The summed E-state index contributed by atoms with van der Waals surface area (Å²) in [6.07, 6.45) is 1.84. The molecule has 2 amide bonds. The minimum atomic E-state index is -0.782. The van der Waals surface area contributed by atoms with Crippen LogP contribution in [0.1, 0.15) is 46.5 Å². The molecule has 3 N–H and O–H groups in total. The number of carboxylic acid groups (broad SMARTS) is 1.